The Balaban J connectivity index is 2.02. The van der Waals surface area contributed by atoms with Crippen molar-refractivity contribution in [2.75, 3.05) is 13.1 Å². The number of nitrogens with one attached hydrogen (secondary N) is 1. The molecule has 1 aromatic carbocycles. The molecule has 0 radical (unpaired) electrons. The van der Waals surface area contributed by atoms with E-state index in [0.29, 0.717) is 5.41 Å². The maximum Gasteiger partial charge on any atom is 0.00109 e. The van der Waals surface area contributed by atoms with Crippen molar-refractivity contribution in [3.05, 3.63) is 35.9 Å². The molecular weight excluding hydrogens is 194 g/mol. The van der Waals surface area contributed by atoms with E-state index in [1.807, 2.05) is 0 Å². The molecule has 0 amide bonds. The Morgan fingerprint density at radius 2 is 1.81 bits per heavy atom. The molecule has 0 unspecified atom stereocenters. The molecule has 1 aromatic rings. The van der Waals surface area contributed by atoms with Gasteiger partial charge in [0, 0.05) is 6.54 Å². The van der Waals surface area contributed by atoms with Gasteiger partial charge in [-0.2, -0.15) is 0 Å². The maximum absolute atomic E-state index is 3.55. The highest BCUT2D eigenvalue weighted by molar-refractivity contribution is 5.17. The fourth-order valence-corrected chi connectivity index (χ4v) is 2.96. The van der Waals surface area contributed by atoms with Gasteiger partial charge in [0.2, 0.25) is 0 Å². The molecule has 16 heavy (non-hydrogen) atoms. The molecule has 0 heterocycles. The largest absolute Gasteiger partial charge is 0.316 e. The minimum atomic E-state index is 0.539. The predicted octanol–water partition coefficient (Wildman–Crippen LogP) is 3.40. The predicted molar refractivity (Wildman–Crippen MR) is 69.6 cm³/mol. The van der Waals surface area contributed by atoms with Gasteiger partial charge in [-0.1, -0.05) is 50.1 Å². The van der Waals surface area contributed by atoms with Crippen molar-refractivity contribution < 1.29 is 0 Å². The van der Waals surface area contributed by atoms with Crippen LogP contribution in [0.3, 0.4) is 0 Å². The Kier molecular flexibility index (Phi) is 4.00. The van der Waals surface area contributed by atoms with Gasteiger partial charge in [0.05, 0.1) is 0 Å². The zero-order valence-electron chi connectivity index (χ0n) is 10.3. The summed E-state index contributed by atoms with van der Waals surface area (Å²) in [6.45, 7) is 4.49. The van der Waals surface area contributed by atoms with Crippen LogP contribution in [0.4, 0.5) is 0 Å². The van der Waals surface area contributed by atoms with Crippen LogP contribution in [0.2, 0.25) is 0 Å². The molecule has 1 heteroatoms. The second kappa shape index (κ2) is 5.49. The smallest absolute Gasteiger partial charge is 0.00109 e. The molecule has 1 saturated carbocycles. The minimum absolute atomic E-state index is 0.539. The maximum atomic E-state index is 3.55. The molecule has 0 bridgehead atoms. The molecule has 0 aliphatic heterocycles. The van der Waals surface area contributed by atoms with Crippen LogP contribution in [0.25, 0.3) is 0 Å². The molecule has 1 aliphatic carbocycles. The van der Waals surface area contributed by atoms with Crippen LogP contribution in [0, 0.1) is 5.41 Å². The van der Waals surface area contributed by atoms with Crippen LogP contribution < -0.4 is 5.32 Å². The van der Waals surface area contributed by atoms with Gasteiger partial charge in [0.1, 0.15) is 0 Å². The third-order valence-electron chi connectivity index (χ3n) is 3.84. The lowest BCUT2D eigenvalue weighted by molar-refractivity contribution is 0.280. The van der Waals surface area contributed by atoms with E-state index >= 15 is 0 Å². The Hall–Kier alpha value is -0.820. The molecule has 2 rings (SSSR count). The quantitative estimate of drug-likeness (QED) is 0.797. The van der Waals surface area contributed by atoms with Crippen molar-refractivity contribution in [2.45, 2.75) is 39.0 Å². The van der Waals surface area contributed by atoms with Gasteiger partial charge in [0.15, 0.2) is 0 Å². The van der Waals surface area contributed by atoms with Gasteiger partial charge in [-0.15, -0.1) is 0 Å². The highest BCUT2D eigenvalue weighted by atomic mass is 14.9. The van der Waals surface area contributed by atoms with Gasteiger partial charge in [0.25, 0.3) is 0 Å². The van der Waals surface area contributed by atoms with Gasteiger partial charge in [-0.05, 0) is 36.8 Å². The van der Waals surface area contributed by atoms with Crippen LogP contribution in [0.5, 0.6) is 0 Å². The summed E-state index contributed by atoms with van der Waals surface area (Å²) in [6.07, 6.45) is 6.88. The summed E-state index contributed by atoms with van der Waals surface area (Å²) >= 11 is 0. The summed E-state index contributed by atoms with van der Waals surface area (Å²) in [7, 11) is 0. The van der Waals surface area contributed by atoms with E-state index in [0.717, 1.165) is 6.54 Å². The highest BCUT2D eigenvalue weighted by Crippen LogP contribution is 2.40. The second-order valence-electron chi connectivity index (χ2n) is 5.15. The van der Waals surface area contributed by atoms with Gasteiger partial charge in [-0.25, -0.2) is 0 Å². The fraction of sp³-hybridized carbons (Fsp3) is 0.600. The fourth-order valence-electron chi connectivity index (χ4n) is 2.96. The Labute approximate surface area is 99.3 Å². The van der Waals surface area contributed by atoms with Crippen LogP contribution in [-0.2, 0) is 6.42 Å². The van der Waals surface area contributed by atoms with Crippen molar-refractivity contribution in [3.63, 3.8) is 0 Å². The summed E-state index contributed by atoms with van der Waals surface area (Å²) in [6, 6.07) is 11.0. The van der Waals surface area contributed by atoms with E-state index in [1.165, 1.54) is 44.2 Å². The highest BCUT2D eigenvalue weighted by Gasteiger charge is 2.33. The van der Waals surface area contributed by atoms with Crippen LogP contribution >= 0.6 is 0 Å². The number of benzene rings is 1. The lowest BCUT2D eigenvalue weighted by Gasteiger charge is -2.29. The molecule has 0 saturated heterocycles. The average molecular weight is 217 g/mol. The van der Waals surface area contributed by atoms with Crippen LogP contribution in [0.15, 0.2) is 30.3 Å². The normalized spacial score (nSPS) is 18.8. The van der Waals surface area contributed by atoms with Crippen molar-refractivity contribution in [1.29, 1.82) is 0 Å². The molecule has 0 aromatic heterocycles. The SMILES string of the molecule is CCNCC1(Cc2ccccc2)CCCC1. The molecule has 1 fully saturated rings. The van der Waals surface area contributed by atoms with Gasteiger partial charge < -0.3 is 5.32 Å². The Morgan fingerprint density at radius 1 is 1.12 bits per heavy atom. The number of hydrogen-bond acceptors (Lipinski definition) is 1. The van der Waals surface area contributed by atoms with Crippen LogP contribution in [0.1, 0.15) is 38.2 Å². The van der Waals surface area contributed by atoms with Gasteiger partial charge in [-0.3, -0.25) is 0 Å². The third kappa shape index (κ3) is 2.85. The first kappa shape index (κ1) is 11.7. The number of hydrogen-bond donors (Lipinski definition) is 1. The lowest BCUT2D eigenvalue weighted by Crippen LogP contribution is -2.33. The summed E-state index contributed by atoms with van der Waals surface area (Å²) in [5.74, 6) is 0. The van der Waals surface area contributed by atoms with E-state index in [2.05, 4.69) is 42.6 Å². The topological polar surface area (TPSA) is 12.0 Å². The summed E-state index contributed by atoms with van der Waals surface area (Å²) in [5, 5.41) is 3.55. The Bertz CT molecular complexity index is 298. The van der Waals surface area contributed by atoms with E-state index in [4.69, 9.17) is 0 Å². The first-order valence-corrected chi connectivity index (χ1v) is 6.59. The molecule has 0 spiro atoms. The lowest BCUT2D eigenvalue weighted by atomic mass is 9.80. The van der Waals surface area contributed by atoms with Gasteiger partial charge >= 0.3 is 0 Å². The minimum Gasteiger partial charge on any atom is -0.316 e. The second-order valence-corrected chi connectivity index (χ2v) is 5.15. The molecule has 0 atom stereocenters. The average Bonchev–Trinajstić information content (AvgIpc) is 2.77. The summed E-state index contributed by atoms with van der Waals surface area (Å²) in [5.41, 5.74) is 2.04. The van der Waals surface area contributed by atoms with E-state index in [-0.39, 0.29) is 0 Å². The summed E-state index contributed by atoms with van der Waals surface area (Å²) < 4.78 is 0. The van der Waals surface area contributed by atoms with Crippen molar-refractivity contribution in [3.8, 4) is 0 Å². The third-order valence-corrected chi connectivity index (χ3v) is 3.84. The van der Waals surface area contributed by atoms with E-state index in [1.54, 1.807) is 0 Å². The standard InChI is InChI=1S/C15H23N/c1-2-16-13-15(10-6-7-11-15)12-14-8-4-3-5-9-14/h3-5,8-9,16H,2,6-7,10-13H2,1H3. The summed E-state index contributed by atoms with van der Waals surface area (Å²) in [4.78, 5) is 0. The Morgan fingerprint density at radius 3 is 2.44 bits per heavy atom. The first-order valence-electron chi connectivity index (χ1n) is 6.59. The zero-order chi connectivity index (χ0) is 11.3. The first-order chi connectivity index (χ1) is 7.85. The van der Waals surface area contributed by atoms with E-state index < -0.39 is 0 Å². The molecule has 1 nitrogen and oxygen atoms in total. The van der Waals surface area contributed by atoms with Crippen molar-refractivity contribution >= 4 is 0 Å². The van der Waals surface area contributed by atoms with E-state index in [9.17, 15) is 0 Å². The number of rotatable bonds is 5. The molecule has 1 N–H and O–H groups in total. The van der Waals surface area contributed by atoms with Crippen LogP contribution in [-0.4, -0.2) is 13.1 Å². The zero-order valence-corrected chi connectivity index (χ0v) is 10.3. The monoisotopic (exact) mass is 217 g/mol. The molecule has 88 valence electrons. The van der Waals surface area contributed by atoms with Crippen molar-refractivity contribution in [2.24, 2.45) is 5.41 Å². The van der Waals surface area contributed by atoms with Crippen molar-refractivity contribution in [1.82, 2.24) is 5.32 Å². The molecule has 1 aliphatic rings. The molecular formula is C15H23N.